The van der Waals surface area contributed by atoms with E-state index < -0.39 is 0 Å². The molecule has 0 saturated carbocycles. The second-order valence-corrected chi connectivity index (χ2v) is 4.93. The van der Waals surface area contributed by atoms with E-state index in [-0.39, 0.29) is 31.1 Å². The van der Waals surface area contributed by atoms with Gasteiger partial charge in [-0.25, -0.2) is 0 Å². The molecule has 0 fully saturated rings. The van der Waals surface area contributed by atoms with E-state index in [1.807, 2.05) is 13.0 Å². The minimum absolute atomic E-state index is 0.0154. The molecule has 0 radical (unpaired) electrons. The van der Waals surface area contributed by atoms with Gasteiger partial charge in [0.05, 0.1) is 24.9 Å². The van der Waals surface area contributed by atoms with Crippen molar-refractivity contribution in [1.29, 1.82) is 0 Å². The number of fused-ring (bicyclic) bond motifs is 1. The van der Waals surface area contributed by atoms with Crippen LogP contribution in [0.5, 0.6) is 5.75 Å². The molecule has 7 heteroatoms. The van der Waals surface area contributed by atoms with Crippen molar-refractivity contribution in [3.8, 4) is 5.75 Å². The molecule has 2 N–H and O–H groups in total. The highest BCUT2D eigenvalue weighted by molar-refractivity contribution is 5.95. The van der Waals surface area contributed by atoms with Crippen molar-refractivity contribution in [1.82, 2.24) is 5.32 Å². The lowest BCUT2D eigenvalue weighted by Gasteiger charge is -2.21. The number of carbonyl (C=O) groups excluding carboxylic acids is 2. The van der Waals surface area contributed by atoms with Gasteiger partial charge in [0.1, 0.15) is 12.4 Å². The van der Waals surface area contributed by atoms with Crippen LogP contribution in [0.15, 0.2) is 18.2 Å². The van der Waals surface area contributed by atoms with Crippen LogP contribution < -0.4 is 15.4 Å². The lowest BCUT2D eigenvalue weighted by Crippen LogP contribution is -2.31. The van der Waals surface area contributed by atoms with E-state index in [0.29, 0.717) is 24.7 Å². The van der Waals surface area contributed by atoms with E-state index >= 15 is 0 Å². The Kier molecular flexibility index (Phi) is 5.74. The second kappa shape index (κ2) is 7.77. The summed E-state index contributed by atoms with van der Waals surface area (Å²) < 4.78 is 15.3. The first-order valence-corrected chi connectivity index (χ1v) is 7.03. The highest BCUT2D eigenvalue weighted by Crippen LogP contribution is 2.30. The summed E-state index contributed by atoms with van der Waals surface area (Å²) in [4.78, 5) is 23.1. The standard InChI is InChI=1S/C15H20N2O5/c1-10(16-14(18)8-21-6-5-20-2)11-3-4-13-12(7-11)17-15(19)9-22-13/h3-4,7,10H,5-6,8-9H2,1-2H3,(H,16,18)(H,17,19). The summed E-state index contributed by atoms with van der Waals surface area (Å²) in [5.41, 5.74) is 1.49. The van der Waals surface area contributed by atoms with Gasteiger partial charge in [-0.05, 0) is 24.6 Å². The monoisotopic (exact) mass is 308 g/mol. The largest absolute Gasteiger partial charge is 0.482 e. The molecule has 2 amide bonds. The minimum atomic E-state index is -0.207. The van der Waals surface area contributed by atoms with Crippen molar-refractivity contribution in [2.45, 2.75) is 13.0 Å². The van der Waals surface area contributed by atoms with Crippen LogP contribution >= 0.6 is 0 Å². The average Bonchev–Trinajstić information content (AvgIpc) is 2.50. The lowest BCUT2D eigenvalue weighted by molar-refractivity contribution is -0.126. The molecule has 1 unspecified atom stereocenters. The predicted molar refractivity (Wildman–Crippen MR) is 79.8 cm³/mol. The van der Waals surface area contributed by atoms with Gasteiger partial charge in [0, 0.05) is 7.11 Å². The van der Waals surface area contributed by atoms with Gasteiger partial charge < -0.3 is 24.8 Å². The fraction of sp³-hybridized carbons (Fsp3) is 0.467. The van der Waals surface area contributed by atoms with Gasteiger partial charge in [-0.3, -0.25) is 9.59 Å². The Morgan fingerprint density at radius 1 is 1.45 bits per heavy atom. The molecule has 0 aliphatic carbocycles. The normalized spacial score (nSPS) is 14.5. The summed E-state index contributed by atoms with van der Waals surface area (Å²) in [5, 5.41) is 5.57. The van der Waals surface area contributed by atoms with E-state index in [1.165, 1.54) is 0 Å². The first-order chi connectivity index (χ1) is 10.6. The fourth-order valence-corrected chi connectivity index (χ4v) is 2.04. The topological polar surface area (TPSA) is 85.9 Å². The third-order valence-corrected chi connectivity index (χ3v) is 3.18. The summed E-state index contributed by atoms with van der Waals surface area (Å²) in [5.74, 6) is 0.235. The summed E-state index contributed by atoms with van der Waals surface area (Å²) >= 11 is 0. The highest BCUT2D eigenvalue weighted by Gasteiger charge is 2.18. The third kappa shape index (κ3) is 4.44. The van der Waals surface area contributed by atoms with Gasteiger partial charge in [0.2, 0.25) is 5.91 Å². The van der Waals surface area contributed by atoms with Crippen molar-refractivity contribution in [2.24, 2.45) is 0 Å². The molecule has 1 aliphatic rings. The number of anilines is 1. The zero-order valence-electron chi connectivity index (χ0n) is 12.7. The lowest BCUT2D eigenvalue weighted by atomic mass is 10.1. The van der Waals surface area contributed by atoms with Crippen LogP contribution in [-0.2, 0) is 19.1 Å². The first-order valence-electron chi connectivity index (χ1n) is 7.03. The van der Waals surface area contributed by atoms with Crippen LogP contribution in [0.3, 0.4) is 0 Å². The summed E-state index contributed by atoms with van der Waals surface area (Å²) in [6, 6.07) is 5.22. The van der Waals surface area contributed by atoms with Crippen LogP contribution in [0.4, 0.5) is 5.69 Å². The second-order valence-electron chi connectivity index (χ2n) is 4.93. The SMILES string of the molecule is COCCOCC(=O)NC(C)c1ccc2c(c1)NC(=O)CO2. The molecule has 2 rings (SSSR count). The van der Waals surface area contributed by atoms with Crippen molar-refractivity contribution < 1.29 is 23.8 Å². The van der Waals surface area contributed by atoms with Gasteiger partial charge in [-0.1, -0.05) is 6.07 Å². The van der Waals surface area contributed by atoms with Crippen molar-refractivity contribution in [3.05, 3.63) is 23.8 Å². The Bertz CT molecular complexity index is 547. The van der Waals surface area contributed by atoms with E-state index in [0.717, 1.165) is 5.56 Å². The molecule has 1 aromatic rings. The maximum atomic E-state index is 11.8. The molecule has 7 nitrogen and oxygen atoms in total. The molecule has 1 aromatic carbocycles. The van der Waals surface area contributed by atoms with Crippen molar-refractivity contribution in [3.63, 3.8) is 0 Å². The molecule has 1 aliphatic heterocycles. The van der Waals surface area contributed by atoms with E-state index in [2.05, 4.69) is 10.6 Å². The highest BCUT2D eigenvalue weighted by atomic mass is 16.5. The molecule has 1 atom stereocenters. The maximum absolute atomic E-state index is 11.8. The smallest absolute Gasteiger partial charge is 0.262 e. The molecule has 120 valence electrons. The van der Waals surface area contributed by atoms with Crippen molar-refractivity contribution in [2.75, 3.05) is 38.9 Å². The number of ether oxygens (including phenoxy) is 3. The van der Waals surface area contributed by atoms with Gasteiger partial charge >= 0.3 is 0 Å². The van der Waals surface area contributed by atoms with Crippen LogP contribution in [0.2, 0.25) is 0 Å². The molecule has 0 aromatic heterocycles. The Balaban J connectivity index is 1.89. The van der Waals surface area contributed by atoms with Gasteiger partial charge in [0.25, 0.3) is 5.91 Å². The number of nitrogens with one attached hydrogen (secondary N) is 2. The maximum Gasteiger partial charge on any atom is 0.262 e. The van der Waals surface area contributed by atoms with Crippen LogP contribution in [0.1, 0.15) is 18.5 Å². The number of methoxy groups -OCH3 is 1. The number of hydrogen-bond acceptors (Lipinski definition) is 5. The van der Waals surface area contributed by atoms with E-state index in [9.17, 15) is 9.59 Å². The summed E-state index contributed by atoms with van der Waals surface area (Å²) in [6.45, 7) is 2.70. The third-order valence-electron chi connectivity index (χ3n) is 3.18. The van der Waals surface area contributed by atoms with E-state index in [4.69, 9.17) is 14.2 Å². The molecule has 0 bridgehead atoms. The minimum Gasteiger partial charge on any atom is -0.482 e. The van der Waals surface area contributed by atoms with Gasteiger partial charge in [-0.2, -0.15) is 0 Å². The zero-order chi connectivity index (χ0) is 15.9. The molecular formula is C15H20N2O5. The molecule has 0 spiro atoms. The zero-order valence-corrected chi connectivity index (χ0v) is 12.7. The Labute approximate surface area is 128 Å². The number of benzene rings is 1. The van der Waals surface area contributed by atoms with Crippen LogP contribution in [0, 0.1) is 0 Å². The fourth-order valence-electron chi connectivity index (χ4n) is 2.04. The Morgan fingerprint density at radius 2 is 2.27 bits per heavy atom. The molecular weight excluding hydrogens is 288 g/mol. The molecule has 22 heavy (non-hydrogen) atoms. The Hall–Kier alpha value is -2.12. The van der Waals surface area contributed by atoms with Gasteiger partial charge in [-0.15, -0.1) is 0 Å². The molecule has 1 heterocycles. The summed E-state index contributed by atoms with van der Waals surface area (Å²) in [7, 11) is 1.57. The Morgan fingerprint density at radius 3 is 3.05 bits per heavy atom. The number of amides is 2. The van der Waals surface area contributed by atoms with Gasteiger partial charge in [0.15, 0.2) is 6.61 Å². The van der Waals surface area contributed by atoms with Crippen LogP contribution in [0.25, 0.3) is 0 Å². The van der Waals surface area contributed by atoms with Crippen molar-refractivity contribution >= 4 is 17.5 Å². The average molecular weight is 308 g/mol. The summed E-state index contributed by atoms with van der Waals surface area (Å²) in [6.07, 6.45) is 0. The molecule has 0 saturated heterocycles. The number of carbonyl (C=O) groups is 2. The number of hydrogen-bond donors (Lipinski definition) is 2. The number of rotatable bonds is 7. The van der Waals surface area contributed by atoms with Crippen LogP contribution in [-0.4, -0.2) is 45.4 Å². The predicted octanol–water partition coefficient (Wildman–Crippen LogP) is 0.858. The first kappa shape index (κ1) is 16.3. The quantitative estimate of drug-likeness (QED) is 0.730. The van der Waals surface area contributed by atoms with E-state index in [1.54, 1.807) is 19.2 Å².